The van der Waals surface area contributed by atoms with Crippen LogP contribution >= 0.6 is 12.8 Å². The number of rotatable bonds is 7. The molecule has 0 atom stereocenters. The number of thiol groups is 1. The topological polar surface area (TPSA) is 24.4 Å². The van der Waals surface area contributed by atoms with E-state index in [0.29, 0.717) is 0 Å². The maximum atomic E-state index is 3.78. The van der Waals surface area contributed by atoms with Gasteiger partial charge >= 0.3 is 0 Å². The van der Waals surface area contributed by atoms with Crippen LogP contribution < -0.4 is 4.83 Å². The van der Waals surface area contributed by atoms with Gasteiger partial charge in [0, 0.05) is 6.21 Å². The summed E-state index contributed by atoms with van der Waals surface area (Å²) in [5.74, 6) is 0. The average Bonchev–Trinajstić information content (AvgIpc) is 2.03. The highest BCUT2D eigenvalue weighted by atomic mass is 32.1. The molecule has 0 fully saturated rings. The SMILES string of the molecule is CCCCCCCC=NNS. The summed E-state index contributed by atoms with van der Waals surface area (Å²) >= 11 is 3.73. The fraction of sp³-hybridized carbons (Fsp3) is 0.875. The van der Waals surface area contributed by atoms with E-state index in [0.717, 1.165) is 6.42 Å². The van der Waals surface area contributed by atoms with E-state index in [2.05, 4.69) is 29.7 Å². The lowest BCUT2D eigenvalue weighted by atomic mass is 10.1. The van der Waals surface area contributed by atoms with Crippen molar-refractivity contribution in [2.24, 2.45) is 5.10 Å². The Labute approximate surface area is 75.0 Å². The minimum absolute atomic E-state index is 1.07. The van der Waals surface area contributed by atoms with Gasteiger partial charge in [0.05, 0.1) is 0 Å². The van der Waals surface area contributed by atoms with E-state index in [1.807, 2.05) is 6.21 Å². The van der Waals surface area contributed by atoms with Gasteiger partial charge < -0.3 is 0 Å². The molecule has 66 valence electrons. The van der Waals surface area contributed by atoms with Crippen LogP contribution in [0.25, 0.3) is 0 Å². The molecule has 0 aliphatic rings. The van der Waals surface area contributed by atoms with Gasteiger partial charge in [-0.05, 0) is 12.8 Å². The van der Waals surface area contributed by atoms with Crippen LogP contribution in [0.15, 0.2) is 5.10 Å². The van der Waals surface area contributed by atoms with Crippen molar-refractivity contribution in [1.29, 1.82) is 0 Å². The van der Waals surface area contributed by atoms with Gasteiger partial charge in [0.2, 0.25) is 0 Å². The van der Waals surface area contributed by atoms with E-state index in [1.54, 1.807) is 0 Å². The first kappa shape index (κ1) is 10.8. The predicted molar refractivity (Wildman–Crippen MR) is 54.0 cm³/mol. The van der Waals surface area contributed by atoms with Crippen LogP contribution in [0, 0.1) is 0 Å². The van der Waals surface area contributed by atoms with Crippen LogP contribution in [-0.2, 0) is 0 Å². The fourth-order valence-corrected chi connectivity index (χ4v) is 1.03. The molecule has 0 aromatic carbocycles. The Bertz CT molecular complexity index is 94.1. The normalized spacial score (nSPS) is 10.7. The Balaban J connectivity index is 2.85. The van der Waals surface area contributed by atoms with Crippen LogP contribution in [0.2, 0.25) is 0 Å². The Hall–Kier alpha value is -0.180. The highest BCUT2D eigenvalue weighted by Gasteiger charge is 1.85. The summed E-state index contributed by atoms with van der Waals surface area (Å²) in [5, 5.41) is 3.78. The molecule has 1 N–H and O–H groups in total. The van der Waals surface area contributed by atoms with E-state index in [4.69, 9.17) is 0 Å². The largest absolute Gasteiger partial charge is 0.255 e. The van der Waals surface area contributed by atoms with Crippen molar-refractivity contribution >= 4 is 19.0 Å². The van der Waals surface area contributed by atoms with Gasteiger partial charge in [-0.3, -0.25) is 4.83 Å². The summed E-state index contributed by atoms with van der Waals surface area (Å²) < 4.78 is 0. The first-order valence-electron chi connectivity index (χ1n) is 4.32. The third-order valence-electron chi connectivity index (χ3n) is 1.59. The minimum Gasteiger partial charge on any atom is -0.255 e. The van der Waals surface area contributed by atoms with Crippen LogP contribution in [0.4, 0.5) is 0 Å². The summed E-state index contributed by atoms with van der Waals surface area (Å²) in [6.45, 7) is 2.23. The second-order valence-corrected chi connectivity index (χ2v) is 2.81. The molecule has 0 spiro atoms. The first-order chi connectivity index (χ1) is 5.41. The van der Waals surface area contributed by atoms with E-state index in [-0.39, 0.29) is 0 Å². The third kappa shape index (κ3) is 9.82. The summed E-state index contributed by atoms with van der Waals surface area (Å²) in [6.07, 6.45) is 9.55. The lowest BCUT2D eigenvalue weighted by Crippen LogP contribution is -1.86. The van der Waals surface area contributed by atoms with Gasteiger partial charge in [-0.2, -0.15) is 5.10 Å². The van der Waals surface area contributed by atoms with Gasteiger partial charge in [0.15, 0.2) is 0 Å². The molecular formula is C8H18N2S. The molecule has 11 heavy (non-hydrogen) atoms. The third-order valence-corrected chi connectivity index (χ3v) is 1.70. The zero-order valence-corrected chi connectivity index (χ0v) is 8.11. The number of hydrogen-bond donors (Lipinski definition) is 2. The standard InChI is InChI=1S/C8H18N2S/c1-2-3-4-5-6-7-8-9-10-11/h8,10-11H,2-7H2,1H3. The number of nitrogens with one attached hydrogen (secondary N) is 1. The lowest BCUT2D eigenvalue weighted by molar-refractivity contribution is 0.645. The molecule has 0 aromatic rings. The van der Waals surface area contributed by atoms with Crippen molar-refractivity contribution in [2.45, 2.75) is 45.4 Å². The molecule has 2 nitrogen and oxygen atoms in total. The molecular weight excluding hydrogens is 156 g/mol. The number of unbranched alkanes of at least 4 members (excludes halogenated alkanes) is 5. The molecule has 0 bridgehead atoms. The highest BCUT2D eigenvalue weighted by Crippen LogP contribution is 2.03. The molecule has 0 radical (unpaired) electrons. The zero-order valence-electron chi connectivity index (χ0n) is 7.21. The van der Waals surface area contributed by atoms with Gasteiger partial charge in [-0.25, -0.2) is 0 Å². The van der Waals surface area contributed by atoms with Crippen molar-refractivity contribution in [1.82, 2.24) is 4.83 Å². The van der Waals surface area contributed by atoms with Crippen molar-refractivity contribution in [3.05, 3.63) is 0 Å². The molecule has 0 amide bonds. The quantitative estimate of drug-likeness (QED) is 0.264. The Morgan fingerprint density at radius 3 is 2.64 bits per heavy atom. The highest BCUT2D eigenvalue weighted by molar-refractivity contribution is 7.78. The number of nitrogens with zero attached hydrogens (tertiary/aromatic N) is 1. The van der Waals surface area contributed by atoms with Crippen molar-refractivity contribution in [3.63, 3.8) is 0 Å². The maximum absolute atomic E-state index is 3.78. The van der Waals surface area contributed by atoms with Crippen LogP contribution in [0.5, 0.6) is 0 Å². The smallest absolute Gasteiger partial charge is 0.0252 e. The van der Waals surface area contributed by atoms with E-state index < -0.39 is 0 Å². The fourth-order valence-electron chi connectivity index (χ4n) is 0.945. The molecule has 0 rings (SSSR count). The summed E-state index contributed by atoms with van der Waals surface area (Å²) in [4.78, 5) is 2.43. The van der Waals surface area contributed by atoms with E-state index >= 15 is 0 Å². The Kier molecular flexibility index (Phi) is 9.66. The molecule has 0 aliphatic heterocycles. The molecule has 0 aromatic heterocycles. The molecule has 3 heteroatoms. The van der Waals surface area contributed by atoms with Gasteiger partial charge in [-0.15, -0.1) is 0 Å². The summed E-state index contributed by atoms with van der Waals surface area (Å²) in [6, 6.07) is 0. The number of hydrogen-bond acceptors (Lipinski definition) is 3. The minimum atomic E-state index is 1.07. The summed E-state index contributed by atoms with van der Waals surface area (Å²) in [7, 11) is 0. The van der Waals surface area contributed by atoms with Crippen molar-refractivity contribution in [2.75, 3.05) is 0 Å². The monoisotopic (exact) mass is 174 g/mol. The predicted octanol–water partition coefficient (Wildman–Crippen LogP) is 2.77. The maximum Gasteiger partial charge on any atom is 0.0252 e. The van der Waals surface area contributed by atoms with E-state index in [1.165, 1.54) is 32.1 Å². The van der Waals surface area contributed by atoms with Gasteiger partial charge in [-0.1, -0.05) is 45.4 Å². The molecule has 0 saturated carbocycles. The average molecular weight is 174 g/mol. The first-order valence-corrected chi connectivity index (χ1v) is 4.77. The van der Waals surface area contributed by atoms with Crippen LogP contribution in [0.1, 0.15) is 45.4 Å². The second-order valence-electron chi connectivity index (χ2n) is 2.61. The van der Waals surface area contributed by atoms with Crippen LogP contribution in [0.3, 0.4) is 0 Å². The van der Waals surface area contributed by atoms with Crippen LogP contribution in [-0.4, -0.2) is 6.21 Å². The Morgan fingerprint density at radius 2 is 2.00 bits per heavy atom. The number of hydrazone groups is 1. The molecule has 0 heterocycles. The van der Waals surface area contributed by atoms with Gasteiger partial charge in [0.1, 0.15) is 0 Å². The van der Waals surface area contributed by atoms with Crippen molar-refractivity contribution in [3.8, 4) is 0 Å². The van der Waals surface area contributed by atoms with Crippen molar-refractivity contribution < 1.29 is 0 Å². The Morgan fingerprint density at radius 1 is 1.27 bits per heavy atom. The van der Waals surface area contributed by atoms with E-state index in [9.17, 15) is 0 Å². The summed E-state index contributed by atoms with van der Waals surface area (Å²) in [5.41, 5.74) is 0. The zero-order chi connectivity index (χ0) is 8.36. The molecule has 0 aliphatic carbocycles. The second kappa shape index (κ2) is 9.82. The molecule has 0 saturated heterocycles. The lowest BCUT2D eigenvalue weighted by Gasteiger charge is -1.95. The molecule has 0 unspecified atom stereocenters. The van der Waals surface area contributed by atoms with Gasteiger partial charge in [0.25, 0.3) is 0 Å².